The SMILES string of the molecule is CCOC(CCNC(=NC)NCc1cc(C#N)ccc1F)C(C)C. The van der Waals surface area contributed by atoms with Crippen molar-refractivity contribution >= 4 is 5.96 Å². The van der Waals surface area contributed by atoms with Crippen LogP contribution in [0.5, 0.6) is 0 Å². The van der Waals surface area contributed by atoms with Crippen molar-refractivity contribution in [3.63, 3.8) is 0 Å². The van der Waals surface area contributed by atoms with Crippen molar-refractivity contribution in [3.05, 3.63) is 35.1 Å². The largest absolute Gasteiger partial charge is 0.378 e. The van der Waals surface area contributed by atoms with Crippen LogP contribution < -0.4 is 10.6 Å². The molecule has 1 aromatic rings. The molecule has 0 aliphatic rings. The fourth-order valence-electron chi connectivity index (χ4n) is 2.34. The lowest BCUT2D eigenvalue weighted by atomic mass is 10.0. The number of guanidine groups is 1. The van der Waals surface area contributed by atoms with E-state index in [1.807, 2.05) is 13.0 Å². The first-order valence-corrected chi connectivity index (χ1v) is 8.26. The third-order valence-corrected chi connectivity index (χ3v) is 3.69. The van der Waals surface area contributed by atoms with E-state index in [2.05, 4.69) is 29.5 Å². The second kappa shape index (κ2) is 10.6. The Morgan fingerprint density at radius 1 is 1.38 bits per heavy atom. The van der Waals surface area contributed by atoms with E-state index in [1.54, 1.807) is 13.1 Å². The van der Waals surface area contributed by atoms with E-state index in [-0.39, 0.29) is 18.5 Å². The van der Waals surface area contributed by atoms with Gasteiger partial charge in [0.25, 0.3) is 0 Å². The summed E-state index contributed by atoms with van der Waals surface area (Å²) in [5, 5.41) is 15.2. The summed E-state index contributed by atoms with van der Waals surface area (Å²) in [6.45, 7) is 7.94. The van der Waals surface area contributed by atoms with Gasteiger partial charge in [-0.1, -0.05) is 13.8 Å². The van der Waals surface area contributed by atoms with E-state index < -0.39 is 0 Å². The van der Waals surface area contributed by atoms with Gasteiger partial charge in [0.2, 0.25) is 0 Å². The molecule has 24 heavy (non-hydrogen) atoms. The predicted molar refractivity (Wildman–Crippen MR) is 94.2 cm³/mol. The molecule has 0 saturated carbocycles. The van der Waals surface area contributed by atoms with Gasteiger partial charge in [0, 0.05) is 32.3 Å². The Morgan fingerprint density at radius 2 is 2.12 bits per heavy atom. The number of hydrogen-bond acceptors (Lipinski definition) is 3. The normalized spacial score (nSPS) is 12.8. The van der Waals surface area contributed by atoms with Crippen LogP contribution in [-0.2, 0) is 11.3 Å². The minimum atomic E-state index is -0.340. The number of halogens is 1. The molecule has 0 saturated heterocycles. The molecule has 1 atom stereocenters. The Bertz CT molecular complexity index is 581. The van der Waals surface area contributed by atoms with Crippen LogP contribution in [0.25, 0.3) is 0 Å². The van der Waals surface area contributed by atoms with Crippen molar-refractivity contribution in [1.29, 1.82) is 5.26 Å². The van der Waals surface area contributed by atoms with Gasteiger partial charge in [0.15, 0.2) is 5.96 Å². The summed E-state index contributed by atoms with van der Waals surface area (Å²) in [5.41, 5.74) is 0.874. The number of rotatable bonds is 8. The highest BCUT2D eigenvalue weighted by Gasteiger charge is 2.13. The molecule has 0 aliphatic carbocycles. The maximum atomic E-state index is 13.8. The molecule has 1 aromatic carbocycles. The molecule has 0 spiro atoms. The fraction of sp³-hybridized carbons (Fsp3) is 0.556. The van der Waals surface area contributed by atoms with E-state index in [9.17, 15) is 4.39 Å². The van der Waals surface area contributed by atoms with Crippen LogP contribution in [-0.4, -0.2) is 32.3 Å². The molecular formula is C18H27FN4O. The lowest BCUT2D eigenvalue weighted by Gasteiger charge is -2.21. The molecule has 0 bridgehead atoms. The topological polar surface area (TPSA) is 69.4 Å². The zero-order valence-electron chi connectivity index (χ0n) is 14.9. The van der Waals surface area contributed by atoms with Crippen molar-refractivity contribution in [3.8, 4) is 6.07 Å². The lowest BCUT2D eigenvalue weighted by molar-refractivity contribution is 0.0258. The summed E-state index contributed by atoms with van der Waals surface area (Å²) in [5.74, 6) is 0.702. The van der Waals surface area contributed by atoms with E-state index in [0.29, 0.717) is 36.2 Å². The van der Waals surface area contributed by atoms with E-state index >= 15 is 0 Å². The second-order valence-corrected chi connectivity index (χ2v) is 5.80. The van der Waals surface area contributed by atoms with Gasteiger partial charge in [0.1, 0.15) is 5.82 Å². The number of aliphatic imine (C=N–C) groups is 1. The molecule has 1 unspecified atom stereocenters. The average Bonchev–Trinajstić information content (AvgIpc) is 2.58. The molecule has 5 nitrogen and oxygen atoms in total. The van der Waals surface area contributed by atoms with E-state index in [1.165, 1.54) is 12.1 Å². The van der Waals surface area contributed by atoms with E-state index in [4.69, 9.17) is 10.00 Å². The maximum absolute atomic E-state index is 13.8. The average molecular weight is 334 g/mol. The number of nitriles is 1. The third kappa shape index (κ3) is 6.55. The summed E-state index contributed by atoms with van der Waals surface area (Å²) in [6, 6.07) is 6.32. The molecule has 0 heterocycles. The maximum Gasteiger partial charge on any atom is 0.191 e. The number of hydrogen-bond donors (Lipinski definition) is 2. The van der Waals surface area contributed by atoms with Crippen molar-refractivity contribution < 1.29 is 9.13 Å². The first-order valence-electron chi connectivity index (χ1n) is 8.26. The molecule has 132 valence electrons. The number of nitrogens with one attached hydrogen (secondary N) is 2. The van der Waals surface area contributed by atoms with Crippen LogP contribution in [0, 0.1) is 23.1 Å². The zero-order chi connectivity index (χ0) is 17.9. The highest BCUT2D eigenvalue weighted by Crippen LogP contribution is 2.11. The van der Waals surface area contributed by atoms with E-state index in [0.717, 1.165) is 6.42 Å². The van der Waals surface area contributed by atoms with Gasteiger partial charge in [-0.3, -0.25) is 4.99 Å². The zero-order valence-corrected chi connectivity index (χ0v) is 14.9. The Hall–Kier alpha value is -2.13. The first-order chi connectivity index (χ1) is 11.5. The smallest absolute Gasteiger partial charge is 0.191 e. The summed E-state index contributed by atoms with van der Waals surface area (Å²) in [6.07, 6.45) is 1.06. The number of benzene rings is 1. The lowest BCUT2D eigenvalue weighted by Crippen LogP contribution is -2.39. The molecule has 6 heteroatoms. The summed E-state index contributed by atoms with van der Waals surface area (Å²) < 4.78 is 19.5. The highest BCUT2D eigenvalue weighted by atomic mass is 19.1. The Balaban J connectivity index is 2.50. The molecule has 0 aromatic heterocycles. The third-order valence-electron chi connectivity index (χ3n) is 3.69. The summed E-state index contributed by atoms with van der Waals surface area (Å²) >= 11 is 0. The molecule has 0 fully saturated rings. The molecular weight excluding hydrogens is 307 g/mol. The van der Waals surface area contributed by atoms with Gasteiger partial charge in [-0.15, -0.1) is 0 Å². The molecule has 2 N–H and O–H groups in total. The second-order valence-electron chi connectivity index (χ2n) is 5.80. The number of nitrogens with zero attached hydrogens (tertiary/aromatic N) is 2. The van der Waals surface area contributed by atoms with Crippen molar-refractivity contribution in [2.75, 3.05) is 20.2 Å². The van der Waals surface area contributed by atoms with Gasteiger partial charge < -0.3 is 15.4 Å². The fourth-order valence-corrected chi connectivity index (χ4v) is 2.34. The summed E-state index contributed by atoms with van der Waals surface area (Å²) in [7, 11) is 1.67. The van der Waals surface area contributed by atoms with Crippen LogP contribution >= 0.6 is 0 Å². The van der Waals surface area contributed by atoms with Gasteiger partial charge in [-0.2, -0.15) is 5.26 Å². The molecule has 0 radical (unpaired) electrons. The molecule has 0 aliphatic heterocycles. The van der Waals surface area contributed by atoms with Crippen molar-refractivity contribution in [2.45, 2.75) is 39.8 Å². The van der Waals surface area contributed by atoms with Gasteiger partial charge >= 0.3 is 0 Å². The number of ether oxygens (including phenoxy) is 1. The van der Waals surface area contributed by atoms with Gasteiger partial charge in [0.05, 0.1) is 17.7 Å². The van der Waals surface area contributed by atoms with Crippen LogP contribution in [0.15, 0.2) is 23.2 Å². The quantitative estimate of drug-likeness (QED) is 0.566. The first kappa shape index (κ1) is 19.9. The molecule has 0 amide bonds. The van der Waals surface area contributed by atoms with Crippen molar-refractivity contribution in [2.24, 2.45) is 10.9 Å². The Morgan fingerprint density at radius 3 is 2.71 bits per heavy atom. The summed E-state index contributed by atoms with van der Waals surface area (Å²) in [4.78, 5) is 4.13. The minimum absolute atomic E-state index is 0.199. The standard InChI is InChI=1S/C18H27FN4O/c1-5-24-17(13(2)3)8-9-22-18(21-4)23-12-15-10-14(11-20)6-7-16(15)19/h6-7,10,13,17H,5,8-9,12H2,1-4H3,(H2,21,22,23). The van der Waals surface area contributed by atoms with Crippen LogP contribution in [0.3, 0.4) is 0 Å². The Kier molecular flexibility index (Phi) is 8.80. The van der Waals surface area contributed by atoms with Crippen LogP contribution in [0.1, 0.15) is 38.3 Å². The van der Waals surface area contributed by atoms with Crippen LogP contribution in [0.2, 0.25) is 0 Å². The van der Waals surface area contributed by atoms with Crippen LogP contribution in [0.4, 0.5) is 4.39 Å². The van der Waals surface area contributed by atoms with Crippen molar-refractivity contribution in [1.82, 2.24) is 10.6 Å². The highest BCUT2D eigenvalue weighted by molar-refractivity contribution is 5.79. The van der Waals surface area contributed by atoms with Gasteiger partial charge in [-0.05, 0) is 37.5 Å². The monoisotopic (exact) mass is 334 g/mol. The predicted octanol–water partition coefficient (Wildman–Crippen LogP) is 2.81. The Labute approximate surface area is 143 Å². The molecule has 1 rings (SSSR count). The van der Waals surface area contributed by atoms with Gasteiger partial charge in [-0.25, -0.2) is 4.39 Å². The minimum Gasteiger partial charge on any atom is -0.378 e.